The topological polar surface area (TPSA) is 96.4 Å². The lowest BCUT2D eigenvalue weighted by atomic mass is 10.1. The lowest BCUT2D eigenvalue weighted by Crippen LogP contribution is -2.17. The molecule has 3 aromatic rings. The van der Waals surface area contributed by atoms with Crippen molar-refractivity contribution in [1.82, 2.24) is 9.97 Å². The molecule has 0 radical (unpaired) electrons. The van der Waals surface area contributed by atoms with Crippen LogP contribution in [-0.4, -0.2) is 34.0 Å². The maximum atomic E-state index is 13.8. The minimum absolute atomic E-state index is 0.0846. The van der Waals surface area contributed by atoms with Crippen molar-refractivity contribution in [2.75, 3.05) is 17.2 Å². The molecule has 0 unspecified atom stereocenters. The number of alkyl halides is 3. The molecule has 0 bridgehead atoms. The second-order valence-electron chi connectivity index (χ2n) is 6.32. The molecule has 7 nitrogen and oxygen atoms in total. The summed E-state index contributed by atoms with van der Waals surface area (Å²) in [7, 11) is 0. The van der Waals surface area contributed by atoms with Gasteiger partial charge in [-0.1, -0.05) is 18.2 Å². The molecule has 0 saturated carbocycles. The second kappa shape index (κ2) is 8.86. The Hall–Kier alpha value is -3.89. The molecule has 1 heterocycles. The number of nitrogens with one attached hydrogen (secondary N) is 2. The van der Waals surface area contributed by atoms with Gasteiger partial charge in [-0.2, -0.15) is 4.98 Å². The zero-order chi connectivity index (χ0) is 22.6. The molecule has 0 aliphatic heterocycles. The Labute approximate surface area is 173 Å². The van der Waals surface area contributed by atoms with Crippen LogP contribution in [0.3, 0.4) is 0 Å². The smallest absolute Gasteiger partial charge is 0.480 e. The molecule has 31 heavy (non-hydrogen) atoms. The normalized spacial score (nSPS) is 11.1. The summed E-state index contributed by atoms with van der Waals surface area (Å²) >= 11 is 0. The van der Waals surface area contributed by atoms with Crippen LogP contribution in [0.1, 0.15) is 5.56 Å². The average molecular weight is 436 g/mol. The van der Waals surface area contributed by atoms with Crippen LogP contribution in [0, 0.1) is 12.7 Å². The summed E-state index contributed by atoms with van der Waals surface area (Å²) in [5, 5.41) is 14.3. The number of aromatic nitrogens is 2. The number of carboxylic acid groups (broad SMARTS) is 1. The van der Waals surface area contributed by atoms with Gasteiger partial charge in [0.05, 0.1) is 5.69 Å². The highest BCUT2D eigenvalue weighted by Gasteiger charge is 2.31. The summed E-state index contributed by atoms with van der Waals surface area (Å²) in [5.74, 6) is -1.96. The number of aliphatic carboxylic acids is 1. The number of ether oxygens (including phenoxy) is 1. The number of hydrogen-bond donors (Lipinski definition) is 3. The summed E-state index contributed by atoms with van der Waals surface area (Å²) in [6.45, 7) is 1.07. The minimum Gasteiger partial charge on any atom is -0.480 e. The van der Waals surface area contributed by atoms with Crippen LogP contribution >= 0.6 is 0 Å². The Balaban J connectivity index is 2.00. The van der Waals surface area contributed by atoms with E-state index in [0.29, 0.717) is 11.3 Å². The molecular weight excluding hydrogens is 420 g/mol. The van der Waals surface area contributed by atoms with Gasteiger partial charge in [-0.3, -0.25) is 4.79 Å². The predicted molar refractivity (Wildman–Crippen MR) is 105 cm³/mol. The molecule has 2 aromatic carbocycles. The molecule has 0 fully saturated rings. The molecule has 0 aliphatic rings. The summed E-state index contributed by atoms with van der Waals surface area (Å²) in [5.41, 5.74) is 1.18. The molecular formula is C20H16F4N4O3. The molecule has 0 aliphatic carbocycles. The van der Waals surface area contributed by atoms with E-state index in [1.54, 1.807) is 13.0 Å². The van der Waals surface area contributed by atoms with Crippen molar-refractivity contribution < 1.29 is 32.2 Å². The van der Waals surface area contributed by atoms with Crippen LogP contribution in [-0.2, 0) is 4.79 Å². The Kier molecular flexibility index (Phi) is 6.23. The van der Waals surface area contributed by atoms with E-state index in [1.165, 1.54) is 30.3 Å². The largest absolute Gasteiger partial charge is 0.573 e. The first-order valence-corrected chi connectivity index (χ1v) is 8.84. The van der Waals surface area contributed by atoms with E-state index < -0.39 is 30.4 Å². The highest BCUT2D eigenvalue weighted by molar-refractivity contribution is 5.73. The van der Waals surface area contributed by atoms with Crippen molar-refractivity contribution in [3.05, 3.63) is 59.9 Å². The Morgan fingerprint density at radius 3 is 2.58 bits per heavy atom. The van der Waals surface area contributed by atoms with Crippen molar-refractivity contribution in [2.24, 2.45) is 0 Å². The van der Waals surface area contributed by atoms with E-state index in [4.69, 9.17) is 5.11 Å². The number of anilines is 3. The Morgan fingerprint density at radius 2 is 1.87 bits per heavy atom. The number of carbonyl (C=O) groups is 1. The third-order valence-corrected chi connectivity index (χ3v) is 4.02. The van der Waals surface area contributed by atoms with Gasteiger partial charge >= 0.3 is 12.3 Å². The van der Waals surface area contributed by atoms with Gasteiger partial charge in [0.1, 0.15) is 23.9 Å². The van der Waals surface area contributed by atoms with E-state index in [9.17, 15) is 22.4 Å². The van der Waals surface area contributed by atoms with Gasteiger partial charge in [-0.05, 0) is 31.2 Å². The summed E-state index contributed by atoms with van der Waals surface area (Å²) in [6, 6.07) is 11.0. The SMILES string of the molecule is Cc1c(F)cccc1Nc1cc(-c2cccc(OC(F)(F)F)c2)nc(NCC(=O)O)n1. The molecule has 11 heteroatoms. The van der Waals surface area contributed by atoms with E-state index in [2.05, 4.69) is 25.3 Å². The first-order chi connectivity index (χ1) is 14.6. The van der Waals surface area contributed by atoms with Crippen LogP contribution in [0.25, 0.3) is 11.3 Å². The first-order valence-electron chi connectivity index (χ1n) is 8.84. The molecule has 3 N–H and O–H groups in total. The van der Waals surface area contributed by atoms with Gasteiger partial charge in [0.15, 0.2) is 0 Å². The standard InChI is InChI=1S/C20H16F4N4O3/c1-11-14(21)6-3-7-15(11)26-17-9-16(27-19(28-17)25-10-18(29)30)12-4-2-5-13(8-12)31-20(22,23)24/h2-9H,10H2,1H3,(H,29,30)(H2,25,26,27,28). The van der Waals surface area contributed by atoms with Crippen molar-refractivity contribution in [3.8, 4) is 17.0 Å². The average Bonchev–Trinajstić information content (AvgIpc) is 2.69. The summed E-state index contributed by atoms with van der Waals surface area (Å²) < 4.78 is 55.4. The monoisotopic (exact) mass is 436 g/mol. The van der Waals surface area contributed by atoms with E-state index >= 15 is 0 Å². The van der Waals surface area contributed by atoms with Gasteiger partial charge in [-0.25, -0.2) is 9.37 Å². The van der Waals surface area contributed by atoms with Crippen LogP contribution in [0.5, 0.6) is 5.75 Å². The van der Waals surface area contributed by atoms with Gasteiger partial charge in [0.2, 0.25) is 5.95 Å². The van der Waals surface area contributed by atoms with Gasteiger partial charge in [-0.15, -0.1) is 13.2 Å². The zero-order valence-electron chi connectivity index (χ0n) is 16.0. The maximum absolute atomic E-state index is 13.8. The maximum Gasteiger partial charge on any atom is 0.573 e. The molecule has 0 amide bonds. The van der Waals surface area contributed by atoms with Crippen LogP contribution < -0.4 is 15.4 Å². The highest BCUT2D eigenvalue weighted by atomic mass is 19.4. The van der Waals surface area contributed by atoms with Crippen LogP contribution in [0.15, 0.2) is 48.5 Å². The van der Waals surface area contributed by atoms with Crippen molar-refractivity contribution >= 4 is 23.4 Å². The predicted octanol–water partition coefficient (Wildman–Crippen LogP) is 4.73. The number of rotatable bonds is 7. The highest BCUT2D eigenvalue weighted by Crippen LogP contribution is 2.30. The summed E-state index contributed by atoms with van der Waals surface area (Å²) in [6.07, 6.45) is -4.86. The van der Waals surface area contributed by atoms with Crippen molar-refractivity contribution in [2.45, 2.75) is 13.3 Å². The first kappa shape index (κ1) is 21.8. The molecule has 3 rings (SSSR count). The van der Waals surface area contributed by atoms with E-state index in [-0.39, 0.29) is 23.0 Å². The Bertz CT molecular complexity index is 1110. The molecule has 0 spiro atoms. The van der Waals surface area contributed by atoms with Crippen molar-refractivity contribution in [1.29, 1.82) is 0 Å². The van der Waals surface area contributed by atoms with E-state index in [0.717, 1.165) is 12.1 Å². The third-order valence-electron chi connectivity index (χ3n) is 4.02. The molecule has 0 atom stereocenters. The molecule has 1 aromatic heterocycles. The van der Waals surface area contributed by atoms with Gasteiger partial charge < -0.3 is 20.5 Å². The fourth-order valence-corrected chi connectivity index (χ4v) is 2.63. The van der Waals surface area contributed by atoms with Crippen LogP contribution in [0.2, 0.25) is 0 Å². The number of halogens is 4. The Morgan fingerprint density at radius 1 is 1.13 bits per heavy atom. The quantitative estimate of drug-likeness (QED) is 0.461. The number of hydrogen-bond acceptors (Lipinski definition) is 6. The fourth-order valence-electron chi connectivity index (χ4n) is 2.63. The van der Waals surface area contributed by atoms with Crippen molar-refractivity contribution in [3.63, 3.8) is 0 Å². The number of carboxylic acids is 1. The van der Waals surface area contributed by atoms with Crippen LogP contribution in [0.4, 0.5) is 35.0 Å². The zero-order valence-corrected chi connectivity index (χ0v) is 16.0. The molecule has 162 valence electrons. The van der Waals surface area contributed by atoms with Gasteiger partial charge in [0, 0.05) is 22.9 Å². The number of benzene rings is 2. The second-order valence-corrected chi connectivity index (χ2v) is 6.32. The molecule has 0 saturated heterocycles. The minimum atomic E-state index is -4.86. The lowest BCUT2D eigenvalue weighted by Gasteiger charge is -2.13. The van der Waals surface area contributed by atoms with Gasteiger partial charge in [0.25, 0.3) is 0 Å². The number of nitrogens with zero attached hydrogens (tertiary/aromatic N) is 2. The lowest BCUT2D eigenvalue weighted by molar-refractivity contribution is -0.274. The van der Waals surface area contributed by atoms with E-state index in [1.807, 2.05) is 0 Å². The third kappa shape index (κ3) is 6.04. The fraction of sp³-hybridized carbons (Fsp3) is 0.150. The summed E-state index contributed by atoms with van der Waals surface area (Å²) in [4.78, 5) is 19.2.